The molecule has 130 valence electrons. The van der Waals surface area contributed by atoms with Gasteiger partial charge in [0.25, 0.3) is 0 Å². The van der Waals surface area contributed by atoms with E-state index in [4.69, 9.17) is 9.47 Å². The number of aliphatic hydroxyl groups excluding tert-OH is 1. The van der Waals surface area contributed by atoms with Crippen LogP contribution in [0.25, 0.3) is 0 Å². The highest BCUT2D eigenvalue weighted by molar-refractivity contribution is 5.39. The van der Waals surface area contributed by atoms with Crippen molar-refractivity contribution in [2.24, 2.45) is 0 Å². The fourth-order valence-electron chi connectivity index (χ4n) is 3.21. The van der Waals surface area contributed by atoms with Crippen molar-refractivity contribution in [3.8, 4) is 5.75 Å². The lowest BCUT2D eigenvalue weighted by atomic mass is 10.0. The van der Waals surface area contributed by atoms with E-state index in [-0.39, 0.29) is 12.2 Å². The third kappa shape index (κ3) is 5.48. The van der Waals surface area contributed by atoms with Gasteiger partial charge in [0.05, 0.1) is 12.2 Å². The topological polar surface area (TPSA) is 41.9 Å². The van der Waals surface area contributed by atoms with Gasteiger partial charge in [0.1, 0.15) is 18.5 Å². The summed E-state index contributed by atoms with van der Waals surface area (Å²) in [6, 6.07) is 6.28. The van der Waals surface area contributed by atoms with E-state index in [1.807, 2.05) is 0 Å². The van der Waals surface area contributed by atoms with Crippen LogP contribution in [0.3, 0.4) is 0 Å². The molecule has 1 aliphatic rings. The van der Waals surface area contributed by atoms with E-state index in [1.54, 1.807) is 0 Å². The first-order chi connectivity index (χ1) is 10.8. The van der Waals surface area contributed by atoms with Crippen LogP contribution in [0.1, 0.15) is 44.7 Å². The monoisotopic (exact) mass is 321 g/mol. The Balaban J connectivity index is 1.89. The predicted octanol–water partition coefficient (Wildman–Crippen LogP) is 2.97. The number of hydrogen-bond donors (Lipinski definition) is 1. The molecule has 0 aromatic heterocycles. The van der Waals surface area contributed by atoms with Gasteiger partial charge in [-0.1, -0.05) is 26.0 Å². The van der Waals surface area contributed by atoms with Crippen LogP contribution in [0.2, 0.25) is 0 Å². The zero-order valence-electron chi connectivity index (χ0n) is 15.1. The van der Waals surface area contributed by atoms with Crippen LogP contribution in [0.4, 0.5) is 0 Å². The van der Waals surface area contributed by atoms with Gasteiger partial charge in [0, 0.05) is 19.6 Å². The van der Waals surface area contributed by atoms with Gasteiger partial charge in [0.2, 0.25) is 0 Å². The molecule has 0 unspecified atom stereocenters. The van der Waals surface area contributed by atoms with Gasteiger partial charge in [-0.2, -0.15) is 0 Å². The molecule has 1 heterocycles. The van der Waals surface area contributed by atoms with Gasteiger partial charge < -0.3 is 14.6 Å². The first kappa shape index (κ1) is 18.2. The fourth-order valence-corrected chi connectivity index (χ4v) is 3.21. The molecule has 1 aliphatic heterocycles. The normalized spacial score (nSPS) is 24.0. The SMILES string of the molecule is Cc1ccc(C(C)C)c(OC[C@H](O)CN2C[C@H](C)O[C@@H](C)C2)c1. The molecule has 0 spiro atoms. The van der Waals surface area contributed by atoms with Gasteiger partial charge >= 0.3 is 0 Å². The summed E-state index contributed by atoms with van der Waals surface area (Å²) in [5.74, 6) is 1.30. The number of nitrogens with zero attached hydrogens (tertiary/aromatic N) is 1. The Morgan fingerprint density at radius 3 is 2.52 bits per heavy atom. The number of rotatable bonds is 6. The number of β-amino-alcohol motifs (C(OH)–C–C–N with tert-alkyl or cyclic N) is 1. The van der Waals surface area contributed by atoms with E-state index < -0.39 is 6.10 Å². The molecular formula is C19H31NO3. The largest absolute Gasteiger partial charge is 0.491 e. The zero-order valence-corrected chi connectivity index (χ0v) is 15.1. The molecule has 4 nitrogen and oxygen atoms in total. The number of aryl methyl sites for hydroxylation is 1. The van der Waals surface area contributed by atoms with Crippen molar-refractivity contribution in [3.05, 3.63) is 29.3 Å². The van der Waals surface area contributed by atoms with Gasteiger partial charge in [-0.3, -0.25) is 4.90 Å². The smallest absolute Gasteiger partial charge is 0.123 e. The number of benzene rings is 1. The first-order valence-electron chi connectivity index (χ1n) is 8.64. The maximum absolute atomic E-state index is 10.3. The molecule has 0 amide bonds. The highest BCUT2D eigenvalue weighted by Crippen LogP contribution is 2.27. The van der Waals surface area contributed by atoms with Crippen molar-refractivity contribution in [2.45, 2.75) is 58.8 Å². The second kappa shape index (κ2) is 8.13. The lowest BCUT2D eigenvalue weighted by molar-refractivity contribution is -0.0787. The van der Waals surface area contributed by atoms with Gasteiger partial charge in [0.15, 0.2) is 0 Å². The second-order valence-corrected chi connectivity index (χ2v) is 7.14. The molecule has 1 fully saturated rings. The Morgan fingerprint density at radius 2 is 1.91 bits per heavy atom. The van der Waals surface area contributed by atoms with Crippen molar-refractivity contribution < 1.29 is 14.6 Å². The Bertz CT molecular complexity index is 493. The molecule has 1 N–H and O–H groups in total. The molecule has 1 aromatic carbocycles. The van der Waals surface area contributed by atoms with Crippen molar-refractivity contribution in [1.82, 2.24) is 4.90 Å². The van der Waals surface area contributed by atoms with Gasteiger partial charge in [-0.15, -0.1) is 0 Å². The molecule has 0 saturated carbocycles. The molecule has 0 radical (unpaired) electrons. The van der Waals surface area contributed by atoms with Crippen molar-refractivity contribution in [2.75, 3.05) is 26.2 Å². The molecule has 0 bridgehead atoms. The third-order valence-electron chi connectivity index (χ3n) is 4.19. The van der Waals surface area contributed by atoms with E-state index in [1.165, 1.54) is 11.1 Å². The number of hydrogen-bond acceptors (Lipinski definition) is 4. The summed E-state index contributed by atoms with van der Waals surface area (Å²) in [6.45, 7) is 13.2. The predicted molar refractivity (Wildman–Crippen MR) is 93.2 cm³/mol. The summed E-state index contributed by atoms with van der Waals surface area (Å²) < 4.78 is 11.7. The summed E-state index contributed by atoms with van der Waals surface area (Å²) in [5.41, 5.74) is 2.37. The molecule has 23 heavy (non-hydrogen) atoms. The molecule has 1 saturated heterocycles. The van der Waals surface area contributed by atoms with E-state index in [0.29, 0.717) is 19.1 Å². The molecule has 2 rings (SSSR count). The molecule has 0 aliphatic carbocycles. The Kier molecular flexibility index (Phi) is 6.45. The van der Waals surface area contributed by atoms with Crippen molar-refractivity contribution >= 4 is 0 Å². The van der Waals surface area contributed by atoms with Crippen LogP contribution >= 0.6 is 0 Å². The highest BCUT2D eigenvalue weighted by Gasteiger charge is 2.24. The molecule has 3 atom stereocenters. The summed E-state index contributed by atoms with van der Waals surface area (Å²) in [6.07, 6.45) is -0.0552. The van der Waals surface area contributed by atoms with Gasteiger partial charge in [-0.25, -0.2) is 0 Å². The second-order valence-electron chi connectivity index (χ2n) is 7.14. The average molecular weight is 321 g/mol. The molecule has 1 aromatic rings. The Hall–Kier alpha value is -1.10. The number of ether oxygens (including phenoxy) is 2. The maximum atomic E-state index is 10.3. The Morgan fingerprint density at radius 1 is 1.26 bits per heavy atom. The van der Waals surface area contributed by atoms with E-state index in [2.05, 4.69) is 57.7 Å². The first-order valence-corrected chi connectivity index (χ1v) is 8.64. The van der Waals surface area contributed by atoms with Crippen LogP contribution in [-0.4, -0.2) is 54.6 Å². The average Bonchev–Trinajstić information content (AvgIpc) is 2.43. The fraction of sp³-hybridized carbons (Fsp3) is 0.684. The van der Waals surface area contributed by atoms with Gasteiger partial charge in [-0.05, 0) is 43.9 Å². The lowest BCUT2D eigenvalue weighted by Crippen LogP contribution is -2.48. The van der Waals surface area contributed by atoms with Crippen LogP contribution in [0.15, 0.2) is 18.2 Å². The van der Waals surface area contributed by atoms with Crippen LogP contribution in [-0.2, 0) is 4.74 Å². The molecule has 4 heteroatoms. The quantitative estimate of drug-likeness (QED) is 0.875. The van der Waals surface area contributed by atoms with E-state index in [9.17, 15) is 5.11 Å². The molecular weight excluding hydrogens is 290 g/mol. The van der Waals surface area contributed by atoms with E-state index >= 15 is 0 Å². The summed E-state index contributed by atoms with van der Waals surface area (Å²) >= 11 is 0. The number of aliphatic hydroxyl groups is 1. The lowest BCUT2D eigenvalue weighted by Gasteiger charge is -2.36. The van der Waals surface area contributed by atoms with Crippen LogP contribution < -0.4 is 4.74 Å². The van der Waals surface area contributed by atoms with E-state index in [0.717, 1.165) is 18.8 Å². The zero-order chi connectivity index (χ0) is 17.0. The summed E-state index contributed by atoms with van der Waals surface area (Å²) in [5, 5.41) is 10.3. The third-order valence-corrected chi connectivity index (χ3v) is 4.19. The number of morpholine rings is 1. The highest BCUT2D eigenvalue weighted by atomic mass is 16.5. The standard InChI is InChI=1S/C19H31NO3/c1-13(2)18-7-6-14(3)8-19(18)22-12-17(21)11-20-9-15(4)23-16(5)10-20/h6-8,13,15-17,21H,9-12H2,1-5H3/t15-,16-,17+/m0/s1. The minimum atomic E-state index is -0.493. The van der Waals surface area contributed by atoms with Crippen LogP contribution in [0, 0.1) is 6.92 Å². The minimum absolute atomic E-state index is 0.219. The minimum Gasteiger partial charge on any atom is -0.491 e. The van der Waals surface area contributed by atoms with Crippen molar-refractivity contribution in [1.29, 1.82) is 0 Å². The van der Waals surface area contributed by atoms with Crippen molar-refractivity contribution in [3.63, 3.8) is 0 Å². The Labute approximate surface area is 140 Å². The summed E-state index contributed by atoms with van der Waals surface area (Å²) in [4.78, 5) is 2.26. The summed E-state index contributed by atoms with van der Waals surface area (Å²) in [7, 11) is 0. The maximum Gasteiger partial charge on any atom is 0.123 e. The van der Waals surface area contributed by atoms with Crippen LogP contribution in [0.5, 0.6) is 5.75 Å².